The fourth-order valence-electron chi connectivity index (χ4n) is 2.90. The molecule has 0 saturated carbocycles. The van der Waals surface area contributed by atoms with E-state index in [1.54, 1.807) is 31.1 Å². The van der Waals surface area contributed by atoms with Gasteiger partial charge in [0, 0.05) is 18.9 Å². The molecule has 136 valence electrons. The number of amides is 1. The van der Waals surface area contributed by atoms with Crippen LogP contribution in [0.4, 0.5) is 0 Å². The number of nitrogens with one attached hydrogen (secondary N) is 1. The van der Waals surface area contributed by atoms with Crippen molar-refractivity contribution in [1.29, 1.82) is 0 Å². The normalized spacial score (nSPS) is 17.0. The number of hydrogen-bond acceptors (Lipinski definition) is 5. The van der Waals surface area contributed by atoms with Crippen molar-refractivity contribution in [2.24, 2.45) is 0 Å². The SMILES string of the molecule is C[C@H](OC(=O)[C@@H]1SCCc2ccccc21)C(=O)NCCc1ccncc1. The van der Waals surface area contributed by atoms with E-state index in [2.05, 4.69) is 10.3 Å². The lowest BCUT2D eigenvalue weighted by Gasteiger charge is -2.24. The van der Waals surface area contributed by atoms with E-state index in [0.717, 1.165) is 23.3 Å². The second-order valence-corrected chi connectivity index (χ2v) is 7.39. The Morgan fingerprint density at radius 3 is 2.85 bits per heavy atom. The van der Waals surface area contributed by atoms with Crippen LogP contribution in [0.2, 0.25) is 0 Å². The molecule has 0 aliphatic carbocycles. The number of hydrogen-bond donors (Lipinski definition) is 1. The number of thioether (sulfide) groups is 1. The van der Waals surface area contributed by atoms with Crippen molar-refractivity contribution in [1.82, 2.24) is 10.3 Å². The summed E-state index contributed by atoms with van der Waals surface area (Å²) < 4.78 is 5.43. The van der Waals surface area contributed by atoms with Crippen LogP contribution in [0.3, 0.4) is 0 Å². The molecule has 1 N–H and O–H groups in total. The minimum atomic E-state index is -0.811. The Morgan fingerprint density at radius 2 is 2.04 bits per heavy atom. The van der Waals surface area contributed by atoms with Crippen LogP contribution < -0.4 is 5.32 Å². The second kappa shape index (κ2) is 8.85. The summed E-state index contributed by atoms with van der Waals surface area (Å²) in [6.07, 6.45) is 4.30. The highest BCUT2D eigenvalue weighted by Crippen LogP contribution is 2.37. The van der Waals surface area contributed by atoms with E-state index in [9.17, 15) is 9.59 Å². The van der Waals surface area contributed by atoms with Crippen molar-refractivity contribution in [3.05, 3.63) is 65.5 Å². The maximum atomic E-state index is 12.5. The van der Waals surface area contributed by atoms with E-state index in [1.807, 2.05) is 36.4 Å². The molecule has 2 heterocycles. The molecule has 0 fully saturated rings. The molecule has 5 nitrogen and oxygen atoms in total. The highest BCUT2D eigenvalue weighted by atomic mass is 32.2. The minimum absolute atomic E-state index is 0.276. The number of aromatic nitrogens is 1. The third kappa shape index (κ3) is 4.64. The topological polar surface area (TPSA) is 68.3 Å². The zero-order valence-corrected chi connectivity index (χ0v) is 15.5. The molecule has 2 atom stereocenters. The summed E-state index contributed by atoms with van der Waals surface area (Å²) in [6.45, 7) is 2.10. The molecule has 0 saturated heterocycles. The number of pyridine rings is 1. The van der Waals surface area contributed by atoms with Crippen molar-refractivity contribution >= 4 is 23.6 Å². The Kier molecular flexibility index (Phi) is 6.28. The molecular weight excluding hydrogens is 348 g/mol. The van der Waals surface area contributed by atoms with E-state index >= 15 is 0 Å². The Bertz CT molecular complexity index is 767. The molecule has 1 aromatic carbocycles. The van der Waals surface area contributed by atoms with Gasteiger partial charge in [-0.1, -0.05) is 24.3 Å². The summed E-state index contributed by atoms with van der Waals surface area (Å²) in [5.74, 6) is 0.254. The van der Waals surface area contributed by atoms with E-state index < -0.39 is 6.10 Å². The first-order chi connectivity index (χ1) is 12.6. The summed E-state index contributed by atoms with van der Waals surface area (Å²) in [4.78, 5) is 28.7. The first-order valence-corrected chi connectivity index (χ1v) is 9.76. The van der Waals surface area contributed by atoms with Gasteiger partial charge >= 0.3 is 5.97 Å². The van der Waals surface area contributed by atoms with E-state index in [4.69, 9.17) is 4.74 Å². The van der Waals surface area contributed by atoms with Crippen LogP contribution in [0.1, 0.15) is 28.9 Å². The predicted molar refractivity (Wildman–Crippen MR) is 102 cm³/mol. The molecule has 0 spiro atoms. The van der Waals surface area contributed by atoms with Crippen molar-refractivity contribution in [2.45, 2.75) is 31.1 Å². The van der Waals surface area contributed by atoms with E-state index in [1.165, 1.54) is 5.56 Å². The molecule has 0 bridgehead atoms. The molecular formula is C20H22N2O3S. The summed E-state index contributed by atoms with van der Waals surface area (Å²) in [6, 6.07) is 11.7. The van der Waals surface area contributed by atoms with Gasteiger partial charge in [-0.05, 0) is 54.3 Å². The summed E-state index contributed by atoms with van der Waals surface area (Å²) in [5.41, 5.74) is 3.28. The zero-order chi connectivity index (χ0) is 18.4. The average molecular weight is 370 g/mol. The third-order valence-corrected chi connectivity index (χ3v) is 5.55. The number of benzene rings is 1. The summed E-state index contributed by atoms with van der Waals surface area (Å²) in [5, 5.41) is 2.46. The van der Waals surface area contributed by atoms with Crippen molar-refractivity contribution < 1.29 is 14.3 Å². The van der Waals surface area contributed by atoms with Gasteiger partial charge in [-0.25, -0.2) is 0 Å². The lowest BCUT2D eigenvalue weighted by Crippen LogP contribution is -2.37. The van der Waals surface area contributed by atoms with Crippen LogP contribution >= 0.6 is 11.8 Å². The number of nitrogens with zero attached hydrogens (tertiary/aromatic N) is 1. The van der Waals surface area contributed by atoms with Crippen LogP contribution in [0, 0.1) is 0 Å². The smallest absolute Gasteiger partial charge is 0.324 e. The fraction of sp³-hybridized carbons (Fsp3) is 0.350. The van der Waals surface area contributed by atoms with Gasteiger partial charge in [-0.3, -0.25) is 14.6 Å². The van der Waals surface area contributed by atoms with Gasteiger partial charge in [-0.15, -0.1) is 11.8 Å². The van der Waals surface area contributed by atoms with Gasteiger partial charge in [0.25, 0.3) is 5.91 Å². The minimum Gasteiger partial charge on any atom is -0.451 e. The van der Waals surface area contributed by atoms with Crippen molar-refractivity contribution in [3.8, 4) is 0 Å². The Labute approximate surface area is 157 Å². The van der Waals surface area contributed by atoms with Crippen LogP contribution in [0.25, 0.3) is 0 Å². The van der Waals surface area contributed by atoms with Gasteiger partial charge in [0.2, 0.25) is 0 Å². The predicted octanol–water partition coefficient (Wildman–Crippen LogP) is 2.70. The first-order valence-electron chi connectivity index (χ1n) is 8.71. The average Bonchev–Trinajstić information content (AvgIpc) is 2.68. The van der Waals surface area contributed by atoms with Gasteiger partial charge in [0.1, 0.15) is 5.25 Å². The number of aryl methyl sites for hydroxylation is 1. The highest BCUT2D eigenvalue weighted by molar-refractivity contribution is 8.00. The summed E-state index contributed by atoms with van der Waals surface area (Å²) in [7, 11) is 0. The van der Waals surface area contributed by atoms with Gasteiger partial charge in [-0.2, -0.15) is 0 Å². The van der Waals surface area contributed by atoms with Crippen LogP contribution in [-0.2, 0) is 27.2 Å². The van der Waals surface area contributed by atoms with Crippen LogP contribution in [0.5, 0.6) is 0 Å². The van der Waals surface area contributed by atoms with E-state index in [-0.39, 0.29) is 17.1 Å². The molecule has 6 heteroatoms. The summed E-state index contributed by atoms with van der Waals surface area (Å²) >= 11 is 1.57. The third-order valence-electron chi connectivity index (χ3n) is 4.33. The standard InChI is InChI=1S/C20H22N2O3S/c1-14(19(23)22-12-8-15-6-10-21-11-7-15)25-20(24)18-17-5-3-2-4-16(17)9-13-26-18/h2-7,10-11,14,18H,8-9,12-13H2,1H3,(H,22,23)/t14-,18+/m0/s1. The number of carbonyl (C=O) groups is 2. The van der Waals surface area contributed by atoms with Crippen LogP contribution in [0.15, 0.2) is 48.8 Å². The molecule has 1 aliphatic rings. The monoisotopic (exact) mass is 370 g/mol. The van der Waals surface area contributed by atoms with Gasteiger partial charge in [0.15, 0.2) is 6.10 Å². The maximum absolute atomic E-state index is 12.5. The number of carbonyl (C=O) groups excluding carboxylic acids is 2. The first kappa shape index (κ1) is 18.5. The molecule has 0 radical (unpaired) electrons. The van der Waals surface area contributed by atoms with Gasteiger partial charge in [0.05, 0.1) is 0 Å². The molecule has 3 rings (SSSR count). The zero-order valence-electron chi connectivity index (χ0n) is 14.7. The highest BCUT2D eigenvalue weighted by Gasteiger charge is 2.30. The van der Waals surface area contributed by atoms with Crippen molar-refractivity contribution in [3.63, 3.8) is 0 Å². The molecule has 2 aromatic rings. The quantitative estimate of drug-likeness (QED) is 0.792. The van der Waals surface area contributed by atoms with Crippen molar-refractivity contribution in [2.75, 3.05) is 12.3 Å². The molecule has 1 amide bonds. The Balaban J connectivity index is 1.50. The maximum Gasteiger partial charge on any atom is 0.324 e. The number of rotatable bonds is 6. The number of esters is 1. The molecule has 1 aromatic heterocycles. The second-order valence-electron chi connectivity index (χ2n) is 6.18. The lowest BCUT2D eigenvalue weighted by molar-refractivity contribution is -0.154. The van der Waals surface area contributed by atoms with E-state index in [0.29, 0.717) is 13.0 Å². The Hall–Kier alpha value is -2.34. The lowest BCUT2D eigenvalue weighted by atomic mass is 10.0. The molecule has 1 aliphatic heterocycles. The Morgan fingerprint density at radius 1 is 1.27 bits per heavy atom. The number of ether oxygens (including phenoxy) is 1. The largest absolute Gasteiger partial charge is 0.451 e. The fourth-order valence-corrected chi connectivity index (χ4v) is 4.08. The van der Waals surface area contributed by atoms with Crippen LogP contribution in [-0.4, -0.2) is 35.3 Å². The van der Waals surface area contributed by atoms with Gasteiger partial charge < -0.3 is 10.1 Å². The number of fused-ring (bicyclic) bond motifs is 1. The molecule has 0 unspecified atom stereocenters. The molecule has 26 heavy (non-hydrogen) atoms.